The van der Waals surface area contributed by atoms with Gasteiger partial charge in [-0.25, -0.2) is 4.57 Å². The maximum Gasteiger partial charge on any atom is 0.472 e. The van der Waals surface area contributed by atoms with Crippen LogP contribution in [0.15, 0.2) is 0 Å². The van der Waals surface area contributed by atoms with Crippen LogP contribution in [0.25, 0.3) is 0 Å². The number of rotatable bonds is 32. The molecule has 0 saturated carbocycles. The van der Waals surface area contributed by atoms with Crippen LogP contribution < -0.4 is 0 Å². The van der Waals surface area contributed by atoms with E-state index in [9.17, 15) is 19.7 Å². The monoisotopic (exact) mass is 651 g/mol. The molecule has 0 aliphatic heterocycles. The van der Waals surface area contributed by atoms with Gasteiger partial charge in [-0.1, -0.05) is 176 Å². The van der Waals surface area contributed by atoms with Crippen molar-refractivity contribution in [2.45, 2.75) is 214 Å². The number of hydrogen-bond acceptors (Lipinski definition) is 5. The summed E-state index contributed by atoms with van der Waals surface area (Å²) in [6.45, 7) is 13.0. The van der Waals surface area contributed by atoms with Crippen molar-refractivity contribution in [3.8, 4) is 0 Å². The van der Waals surface area contributed by atoms with Crippen molar-refractivity contribution >= 4 is 7.82 Å². The summed E-state index contributed by atoms with van der Waals surface area (Å²) in [5.41, 5.74) is 0. The minimum absolute atomic E-state index is 0.316. The van der Waals surface area contributed by atoms with E-state index in [0.717, 1.165) is 64.2 Å². The minimum atomic E-state index is -3.89. The third-order valence-electron chi connectivity index (χ3n) is 8.94. The Morgan fingerprint density at radius 1 is 0.500 bits per heavy atom. The molecule has 0 heterocycles. The van der Waals surface area contributed by atoms with Crippen molar-refractivity contribution in [2.24, 2.45) is 11.8 Å². The van der Waals surface area contributed by atoms with Crippen LogP contribution in [0.2, 0.25) is 0 Å². The lowest BCUT2D eigenvalue weighted by Crippen LogP contribution is -2.21. The lowest BCUT2D eigenvalue weighted by Gasteiger charge is -2.20. The Hall–Kier alpha value is 0.0300. The predicted molar refractivity (Wildman–Crippen MR) is 190 cm³/mol. The van der Waals surface area contributed by atoms with E-state index in [1.54, 1.807) is 6.92 Å². The smallest absolute Gasteiger partial charge is 0.391 e. The van der Waals surface area contributed by atoms with Crippen LogP contribution in [0, 0.1) is 11.8 Å². The van der Waals surface area contributed by atoms with E-state index in [1.807, 2.05) is 0 Å². The van der Waals surface area contributed by atoms with Crippen LogP contribution in [0.3, 0.4) is 0 Å². The SMILES string of the molecule is CCCCC(CC)COP(=O)(O)OCC(CC)CCCC.CCCCCCCCCCCCCCCCCCC(O)C(C)O. The summed E-state index contributed by atoms with van der Waals surface area (Å²) in [4.78, 5) is 9.77. The summed E-state index contributed by atoms with van der Waals surface area (Å²) in [5.74, 6) is 0.687. The Morgan fingerprint density at radius 3 is 1.11 bits per heavy atom. The Balaban J connectivity index is 0. The molecule has 268 valence electrons. The van der Waals surface area contributed by atoms with Crippen LogP contribution in [-0.4, -0.2) is 40.5 Å². The van der Waals surface area contributed by atoms with Gasteiger partial charge in [0.05, 0.1) is 25.4 Å². The van der Waals surface area contributed by atoms with Gasteiger partial charge in [-0.05, 0) is 38.0 Å². The molecule has 0 rings (SSSR count). The third kappa shape index (κ3) is 33.4. The Kier molecular flexibility index (Phi) is 36.0. The third-order valence-corrected chi connectivity index (χ3v) is 9.89. The molecule has 0 bridgehead atoms. The number of unbranched alkanes of at least 4 members (excludes halogenated alkanes) is 17. The van der Waals surface area contributed by atoms with Gasteiger partial charge in [0.1, 0.15) is 0 Å². The van der Waals surface area contributed by atoms with Crippen LogP contribution in [0.4, 0.5) is 0 Å². The van der Waals surface area contributed by atoms with E-state index in [1.165, 1.54) is 96.3 Å². The summed E-state index contributed by atoms with van der Waals surface area (Å²) in [7, 11) is -3.89. The first-order valence-corrected chi connectivity index (χ1v) is 20.6. The van der Waals surface area contributed by atoms with E-state index in [0.29, 0.717) is 25.0 Å². The average Bonchev–Trinajstić information content (AvgIpc) is 3.01. The fourth-order valence-electron chi connectivity index (χ4n) is 5.38. The van der Waals surface area contributed by atoms with Gasteiger partial charge in [-0.3, -0.25) is 9.05 Å². The molecule has 7 heteroatoms. The zero-order chi connectivity index (χ0) is 33.3. The van der Waals surface area contributed by atoms with E-state index >= 15 is 0 Å². The average molecular weight is 651 g/mol. The number of aliphatic hydroxyl groups excluding tert-OH is 2. The Morgan fingerprint density at radius 2 is 0.818 bits per heavy atom. The van der Waals surface area contributed by atoms with Gasteiger partial charge in [0.15, 0.2) is 0 Å². The van der Waals surface area contributed by atoms with Gasteiger partial charge in [0.25, 0.3) is 0 Å². The lowest BCUT2D eigenvalue weighted by atomic mass is 10.0. The molecule has 44 heavy (non-hydrogen) atoms. The van der Waals surface area contributed by atoms with Gasteiger partial charge >= 0.3 is 7.82 Å². The number of hydrogen-bond donors (Lipinski definition) is 3. The summed E-state index contributed by atoms with van der Waals surface area (Å²) in [6.07, 6.45) is 30.1. The number of aliphatic hydroxyl groups is 2. The molecule has 6 nitrogen and oxygen atoms in total. The van der Waals surface area contributed by atoms with Crippen molar-refractivity contribution in [3.05, 3.63) is 0 Å². The van der Waals surface area contributed by atoms with Crippen molar-refractivity contribution in [2.75, 3.05) is 13.2 Å². The van der Waals surface area contributed by atoms with Crippen molar-refractivity contribution in [3.63, 3.8) is 0 Å². The standard InChI is InChI=1S/C21H44O2.C16H35O4P/c1-3-4-5-6-7-8-9-10-11-12-13-14-15-16-17-18-19-21(23)20(2)22;1-5-9-11-15(7-3)13-19-21(17,18)20-14-16(8-4)12-10-6-2/h20-23H,3-19H2,1-2H3;15-16H,5-14H2,1-4H3,(H,17,18). The maximum atomic E-state index is 11.9. The van der Waals surface area contributed by atoms with E-state index < -0.39 is 20.0 Å². The fourth-order valence-corrected chi connectivity index (χ4v) is 6.25. The molecule has 0 aromatic heterocycles. The normalized spacial score (nSPS) is 15.7. The van der Waals surface area contributed by atoms with Crippen molar-refractivity contribution in [1.82, 2.24) is 0 Å². The zero-order valence-corrected chi connectivity index (χ0v) is 31.3. The zero-order valence-electron chi connectivity index (χ0n) is 30.4. The molecule has 3 N–H and O–H groups in total. The highest BCUT2D eigenvalue weighted by molar-refractivity contribution is 7.47. The van der Waals surface area contributed by atoms with Crippen LogP contribution in [-0.2, 0) is 13.6 Å². The van der Waals surface area contributed by atoms with Gasteiger partial charge < -0.3 is 15.1 Å². The minimum Gasteiger partial charge on any atom is -0.391 e. The Labute approximate surface area is 275 Å². The molecule has 0 radical (unpaired) electrons. The topological polar surface area (TPSA) is 96.2 Å². The van der Waals surface area contributed by atoms with E-state index in [4.69, 9.17) is 9.05 Å². The van der Waals surface area contributed by atoms with Gasteiger partial charge in [-0.2, -0.15) is 0 Å². The van der Waals surface area contributed by atoms with E-state index in [-0.39, 0.29) is 0 Å². The van der Waals surface area contributed by atoms with Crippen molar-refractivity contribution < 1.29 is 28.7 Å². The molecule has 0 aliphatic rings. The van der Waals surface area contributed by atoms with E-state index in [2.05, 4.69) is 34.6 Å². The highest BCUT2D eigenvalue weighted by Crippen LogP contribution is 2.44. The molecule has 4 atom stereocenters. The number of phosphoric acid groups is 1. The second-order valence-electron chi connectivity index (χ2n) is 13.3. The first kappa shape index (κ1) is 46.2. The van der Waals surface area contributed by atoms with Gasteiger partial charge in [-0.15, -0.1) is 0 Å². The molecule has 0 amide bonds. The predicted octanol–water partition coefficient (Wildman–Crippen LogP) is 11.9. The molecule has 0 aromatic carbocycles. The fraction of sp³-hybridized carbons (Fsp3) is 1.00. The molecule has 4 unspecified atom stereocenters. The summed E-state index contributed by atoms with van der Waals surface area (Å²) < 4.78 is 22.2. The number of phosphoric ester groups is 1. The molecule has 0 spiro atoms. The van der Waals surface area contributed by atoms with Crippen LogP contribution >= 0.6 is 7.82 Å². The first-order chi connectivity index (χ1) is 21.2. The molecule has 0 aromatic rings. The van der Waals surface area contributed by atoms with Crippen LogP contribution in [0.1, 0.15) is 202 Å². The molecule has 0 fully saturated rings. The summed E-state index contributed by atoms with van der Waals surface area (Å²) in [6, 6.07) is 0. The quantitative estimate of drug-likeness (QED) is 0.0495. The van der Waals surface area contributed by atoms with Crippen molar-refractivity contribution in [1.29, 1.82) is 0 Å². The Bertz CT molecular complexity index is 579. The molecular weight excluding hydrogens is 571 g/mol. The highest BCUT2D eigenvalue weighted by atomic mass is 31.2. The lowest BCUT2D eigenvalue weighted by molar-refractivity contribution is 0.0247. The second kappa shape index (κ2) is 34.4. The van der Waals surface area contributed by atoms with Gasteiger partial charge in [0.2, 0.25) is 0 Å². The molecule has 0 aliphatic carbocycles. The largest absolute Gasteiger partial charge is 0.472 e. The van der Waals surface area contributed by atoms with Gasteiger partial charge in [0, 0.05) is 0 Å². The molecule has 0 saturated heterocycles. The maximum absolute atomic E-state index is 11.9. The highest BCUT2D eigenvalue weighted by Gasteiger charge is 2.24. The first-order valence-electron chi connectivity index (χ1n) is 19.1. The summed E-state index contributed by atoms with van der Waals surface area (Å²) >= 11 is 0. The van der Waals surface area contributed by atoms with Crippen LogP contribution in [0.5, 0.6) is 0 Å². The summed E-state index contributed by atoms with van der Waals surface area (Å²) in [5, 5.41) is 18.7. The second-order valence-corrected chi connectivity index (χ2v) is 14.7. The molecular formula is C37H79O6P.